The van der Waals surface area contributed by atoms with Gasteiger partial charge in [0.15, 0.2) is 0 Å². The van der Waals surface area contributed by atoms with E-state index in [1.165, 1.54) is 4.90 Å². The number of fused-ring (bicyclic) bond motifs is 1. The molecule has 0 N–H and O–H groups in total. The number of pyridine rings is 1. The Balaban J connectivity index is 1.96. The van der Waals surface area contributed by atoms with Crippen LogP contribution in [-0.4, -0.2) is 21.7 Å². The normalized spacial score (nSPS) is 14.0. The molecular formula is C18H15BrN2O2. The van der Waals surface area contributed by atoms with Crippen LogP contribution in [0, 0.1) is 6.92 Å². The molecule has 1 aliphatic rings. The van der Waals surface area contributed by atoms with Crippen LogP contribution in [0.1, 0.15) is 44.6 Å². The number of imide groups is 1. The van der Waals surface area contributed by atoms with Crippen LogP contribution < -0.4 is 0 Å². The number of carbonyl (C=O) groups is 2. The highest BCUT2D eigenvalue weighted by Crippen LogP contribution is 2.27. The molecule has 116 valence electrons. The summed E-state index contributed by atoms with van der Waals surface area (Å²) in [4.78, 5) is 30.7. The largest absolute Gasteiger partial charge is 0.269 e. The smallest absolute Gasteiger partial charge is 0.261 e. The Morgan fingerprint density at radius 1 is 1.17 bits per heavy atom. The van der Waals surface area contributed by atoms with Crippen molar-refractivity contribution in [3.05, 3.63) is 69.0 Å². The molecule has 1 aromatic carbocycles. The van der Waals surface area contributed by atoms with Crippen molar-refractivity contribution >= 4 is 33.8 Å². The molecule has 1 aromatic heterocycles. The lowest BCUT2D eigenvalue weighted by Crippen LogP contribution is -2.29. The summed E-state index contributed by atoms with van der Waals surface area (Å²) in [6, 6.07) is 8.84. The van der Waals surface area contributed by atoms with E-state index < -0.39 is 0 Å². The molecule has 2 amide bonds. The number of carbonyl (C=O) groups excluding carboxylic acids is 2. The van der Waals surface area contributed by atoms with Gasteiger partial charge in [-0.1, -0.05) is 18.2 Å². The lowest BCUT2D eigenvalue weighted by molar-refractivity contribution is 0.0640. The number of aryl methyl sites for hydroxylation is 1. The minimum Gasteiger partial charge on any atom is -0.269 e. The highest BCUT2D eigenvalue weighted by Gasteiger charge is 2.35. The fourth-order valence-corrected chi connectivity index (χ4v) is 3.16. The average Bonchev–Trinajstić information content (AvgIpc) is 2.77. The van der Waals surface area contributed by atoms with Gasteiger partial charge in [-0.3, -0.25) is 19.5 Å². The Morgan fingerprint density at radius 2 is 1.78 bits per heavy atom. The second kappa shape index (κ2) is 6.08. The molecule has 2 aromatic rings. The third-order valence-electron chi connectivity index (χ3n) is 3.79. The number of hydrogen-bond donors (Lipinski definition) is 0. The van der Waals surface area contributed by atoms with Gasteiger partial charge in [0.25, 0.3) is 11.8 Å². The minimum absolute atomic E-state index is 0.151. The topological polar surface area (TPSA) is 50.3 Å². The van der Waals surface area contributed by atoms with Crippen LogP contribution in [0.15, 0.2) is 40.9 Å². The minimum atomic E-state index is -0.271. The molecule has 3 rings (SSSR count). The highest BCUT2D eigenvalue weighted by atomic mass is 79.9. The Morgan fingerprint density at radius 3 is 2.35 bits per heavy atom. The fraction of sp³-hybridized carbons (Fsp3) is 0.167. The van der Waals surface area contributed by atoms with E-state index in [9.17, 15) is 9.59 Å². The predicted octanol–water partition coefficient (Wildman–Crippen LogP) is 3.98. The lowest BCUT2D eigenvalue weighted by atomic mass is 10.1. The molecule has 0 saturated carbocycles. The summed E-state index contributed by atoms with van der Waals surface area (Å²) in [5, 5.41) is 0. The zero-order valence-corrected chi connectivity index (χ0v) is 14.4. The van der Waals surface area contributed by atoms with Gasteiger partial charge in [0.1, 0.15) is 0 Å². The maximum absolute atomic E-state index is 12.4. The Kier molecular flexibility index (Phi) is 4.13. The quantitative estimate of drug-likeness (QED) is 0.767. The van der Waals surface area contributed by atoms with E-state index in [4.69, 9.17) is 0 Å². The van der Waals surface area contributed by atoms with E-state index in [1.807, 2.05) is 32.1 Å². The summed E-state index contributed by atoms with van der Waals surface area (Å²) in [7, 11) is 0. The number of amides is 2. The molecule has 23 heavy (non-hydrogen) atoms. The first-order valence-corrected chi connectivity index (χ1v) is 8.06. The number of aromatic nitrogens is 1. The van der Waals surface area contributed by atoms with Crippen LogP contribution in [-0.2, 0) is 6.54 Å². The summed E-state index contributed by atoms with van der Waals surface area (Å²) >= 11 is 3.48. The first-order chi connectivity index (χ1) is 11.0. The number of rotatable bonds is 3. The molecule has 0 bridgehead atoms. The molecule has 0 unspecified atom stereocenters. The van der Waals surface area contributed by atoms with Crippen molar-refractivity contribution in [1.29, 1.82) is 0 Å². The van der Waals surface area contributed by atoms with Crippen molar-refractivity contribution in [3.8, 4) is 0 Å². The fourth-order valence-electron chi connectivity index (χ4n) is 2.60. The SMILES string of the molecule is C/C=C\c1nc(CN2C(=O)c3ccccc3C2=O)c(Br)cc1C. The van der Waals surface area contributed by atoms with Crippen LogP contribution in [0.5, 0.6) is 0 Å². The molecule has 2 heterocycles. The number of allylic oxidation sites excluding steroid dienone is 1. The lowest BCUT2D eigenvalue weighted by Gasteiger charge is -2.15. The van der Waals surface area contributed by atoms with Gasteiger partial charge in [-0.15, -0.1) is 0 Å². The third kappa shape index (κ3) is 2.72. The zero-order chi connectivity index (χ0) is 16.6. The average molecular weight is 371 g/mol. The first-order valence-electron chi connectivity index (χ1n) is 7.27. The molecule has 4 nitrogen and oxygen atoms in total. The Bertz CT molecular complexity index is 808. The van der Waals surface area contributed by atoms with Crippen LogP contribution in [0.4, 0.5) is 0 Å². The van der Waals surface area contributed by atoms with Crippen molar-refractivity contribution in [2.45, 2.75) is 20.4 Å². The van der Waals surface area contributed by atoms with Gasteiger partial charge in [0.05, 0.1) is 29.1 Å². The van der Waals surface area contributed by atoms with Crippen LogP contribution in [0.2, 0.25) is 0 Å². The summed E-state index contributed by atoms with van der Waals surface area (Å²) in [5.74, 6) is -0.542. The number of halogens is 1. The molecule has 0 spiro atoms. The van der Waals surface area contributed by atoms with Gasteiger partial charge in [0, 0.05) is 4.47 Å². The van der Waals surface area contributed by atoms with Gasteiger partial charge < -0.3 is 0 Å². The predicted molar refractivity (Wildman–Crippen MR) is 92.0 cm³/mol. The van der Waals surface area contributed by atoms with E-state index in [0.717, 1.165) is 15.7 Å². The molecule has 0 atom stereocenters. The van der Waals surface area contributed by atoms with E-state index >= 15 is 0 Å². The molecule has 0 radical (unpaired) electrons. The summed E-state index contributed by atoms with van der Waals surface area (Å²) < 4.78 is 0.791. The van der Waals surface area contributed by atoms with E-state index in [0.29, 0.717) is 16.8 Å². The molecule has 0 aliphatic carbocycles. The van der Waals surface area contributed by atoms with Crippen molar-refractivity contribution in [3.63, 3.8) is 0 Å². The first kappa shape index (κ1) is 15.6. The monoisotopic (exact) mass is 370 g/mol. The standard InChI is InChI=1S/C18H15BrN2O2/c1-3-6-15-11(2)9-14(19)16(20-15)10-21-17(22)12-7-4-5-8-13(12)18(21)23/h3-9H,10H2,1-2H3/b6-3-. The van der Waals surface area contributed by atoms with Crippen molar-refractivity contribution in [2.75, 3.05) is 0 Å². The molecule has 5 heteroatoms. The van der Waals surface area contributed by atoms with Gasteiger partial charge in [-0.25, -0.2) is 0 Å². The number of nitrogens with zero attached hydrogens (tertiary/aromatic N) is 2. The summed E-state index contributed by atoms with van der Waals surface area (Å²) in [5.41, 5.74) is 3.44. The van der Waals surface area contributed by atoms with Crippen LogP contribution in [0.25, 0.3) is 6.08 Å². The maximum atomic E-state index is 12.4. The Hall–Kier alpha value is -2.27. The van der Waals surface area contributed by atoms with Crippen molar-refractivity contribution in [2.24, 2.45) is 0 Å². The van der Waals surface area contributed by atoms with Gasteiger partial charge >= 0.3 is 0 Å². The summed E-state index contributed by atoms with van der Waals surface area (Å²) in [6.07, 6.45) is 3.82. The number of benzene rings is 1. The van der Waals surface area contributed by atoms with Crippen molar-refractivity contribution in [1.82, 2.24) is 9.88 Å². The van der Waals surface area contributed by atoms with E-state index in [2.05, 4.69) is 20.9 Å². The third-order valence-corrected chi connectivity index (χ3v) is 4.48. The molecular weight excluding hydrogens is 356 g/mol. The zero-order valence-electron chi connectivity index (χ0n) is 12.8. The van der Waals surface area contributed by atoms with Gasteiger partial charge in [-0.05, 0) is 59.6 Å². The van der Waals surface area contributed by atoms with E-state index in [1.54, 1.807) is 24.3 Å². The molecule has 1 aliphatic heterocycles. The van der Waals surface area contributed by atoms with Crippen LogP contribution in [0.3, 0.4) is 0 Å². The molecule has 0 saturated heterocycles. The summed E-state index contributed by atoms with van der Waals surface area (Å²) in [6.45, 7) is 4.05. The van der Waals surface area contributed by atoms with E-state index in [-0.39, 0.29) is 18.4 Å². The van der Waals surface area contributed by atoms with Crippen LogP contribution >= 0.6 is 15.9 Å². The molecule has 0 fully saturated rings. The number of hydrogen-bond acceptors (Lipinski definition) is 3. The highest BCUT2D eigenvalue weighted by molar-refractivity contribution is 9.10. The van der Waals surface area contributed by atoms with Gasteiger partial charge in [0.2, 0.25) is 0 Å². The second-order valence-corrected chi connectivity index (χ2v) is 6.22. The van der Waals surface area contributed by atoms with Gasteiger partial charge in [-0.2, -0.15) is 0 Å². The maximum Gasteiger partial charge on any atom is 0.261 e. The second-order valence-electron chi connectivity index (χ2n) is 5.36. The Labute approximate surface area is 143 Å². The van der Waals surface area contributed by atoms with Crippen molar-refractivity contribution < 1.29 is 9.59 Å².